The lowest BCUT2D eigenvalue weighted by Crippen LogP contribution is -2.30. The number of carbonyl (C=O) groups is 1. The van der Waals surface area contributed by atoms with Crippen LogP contribution in [0.25, 0.3) is 0 Å². The van der Waals surface area contributed by atoms with Crippen molar-refractivity contribution < 1.29 is 18.7 Å². The van der Waals surface area contributed by atoms with E-state index in [4.69, 9.17) is 10.5 Å². The molecule has 0 spiro atoms. The van der Waals surface area contributed by atoms with Crippen molar-refractivity contribution in [2.45, 2.75) is 19.5 Å². The fourth-order valence-corrected chi connectivity index (χ4v) is 2.00. The minimum absolute atomic E-state index is 0.167. The average molecular weight is 298 g/mol. The van der Waals surface area contributed by atoms with Crippen molar-refractivity contribution in [1.29, 1.82) is 0 Å². The van der Waals surface area contributed by atoms with Crippen LogP contribution in [0.1, 0.15) is 17.5 Å². The minimum Gasteiger partial charge on any atom is -0.469 e. The lowest BCUT2D eigenvalue weighted by Gasteiger charge is -2.22. The van der Waals surface area contributed by atoms with E-state index in [0.717, 1.165) is 0 Å². The van der Waals surface area contributed by atoms with Crippen molar-refractivity contribution in [2.75, 3.05) is 33.9 Å². The number of rotatable bonds is 9. The molecule has 0 aromatic heterocycles. The third-order valence-corrected chi connectivity index (χ3v) is 3.24. The number of benzene rings is 1. The van der Waals surface area contributed by atoms with Crippen molar-refractivity contribution >= 4 is 5.97 Å². The van der Waals surface area contributed by atoms with Crippen LogP contribution in [0, 0.1) is 5.82 Å². The number of nitrogens with two attached hydrogens (primary N) is 1. The lowest BCUT2D eigenvalue weighted by atomic mass is 10.1. The molecule has 0 saturated heterocycles. The average Bonchev–Trinajstić information content (AvgIpc) is 2.51. The molecule has 0 aliphatic carbocycles. The molecule has 0 aliphatic heterocycles. The summed E-state index contributed by atoms with van der Waals surface area (Å²) in [6.45, 7) is 2.18. The summed E-state index contributed by atoms with van der Waals surface area (Å²) in [5.41, 5.74) is 6.57. The Morgan fingerprint density at radius 3 is 2.62 bits per heavy atom. The third kappa shape index (κ3) is 5.79. The van der Waals surface area contributed by atoms with E-state index in [9.17, 15) is 9.18 Å². The fourth-order valence-electron chi connectivity index (χ4n) is 2.00. The first-order chi connectivity index (χ1) is 10.1. The van der Waals surface area contributed by atoms with E-state index in [1.165, 1.54) is 7.11 Å². The largest absolute Gasteiger partial charge is 0.469 e. The minimum atomic E-state index is -0.284. The van der Waals surface area contributed by atoms with Crippen LogP contribution in [0.15, 0.2) is 18.2 Å². The molecule has 5 nitrogen and oxygen atoms in total. The van der Waals surface area contributed by atoms with Crippen molar-refractivity contribution in [1.82, 2.24) is 4.90 Å². The summed E-state index contributed by atoms with van der Waals surface area (Å²) < 4.78 is 23.9. The maximum Gasteiger partial charge on any atom is 0.306 e. The Morgan fingerprint density at radius 2 is 2.00 bits per heavy atom. The molecule has 1 aromatic rings. The number of halogens is 1. The van der Waals surface area contributed by atoms with E-state index < -0.39 is 0 Å². The molecule has 0 fully saturated rings. The predicted octanol–water partition coefficient (Wildman–Crippen LogP) is 1.30. The number of esters is 1. The van der Waals surface area contributed by atoms with Gasteiger partial charge in [0.25, 0.3) is 0 Å². The molecule has 2 N–H and O–H groups in total. The van der Waals surface area contributed by atoms with Gasteiger partial charge in [-0.1, -0.05) is 18.2 Å². The van der Waals surface area contributed by atoms with Crippen molar-refractivity contribution in [3.05, 3.63) is 35.1 Å². The van der Waals surface area contributed by atoms with E-state index >= 15 is 0 Å². The van der Waals surface area contributed by atoms with Gasteiger partial charge in [0.2, 0.25) is 0 Å². The van der Waals surface area contributed by atoms with Crippen LogP contribution in [0.4, 0.5) is 4.39 Å². The maximum absolute atomic E-state index is 14.2. The normalized spacial score (nSPS) is 10.9. The molecular weight excluding hydrogens is 275 g/mol. The zero-order valence-corrected chi connectivity index (χ0v) is 12.6. The molecule has 0 amide bonds. The van der Waals surface area contributed by atoms with Crippen molar-refractivity contribution in [3.63, 3.8) is 0 Å². The molecule has 0 saturated carbocycles. The van der Waals surface area contributed by atoms with E-state index in [-0.39, 0.29) is 24.8 Å². The Bertz CT molecular complexity index is 455. The van der Waals surface area contributed by atoms with Gasteiger partial charge in [-0.3, -0.25) is 9.69 Å². The Morgan fingerprint density at radius 1 is 1.29 bits per heavy atom. The molecule has 1 aromatic carbocycles. The van der Waals surface area contributed by atoms with Gasteiger partial charge in [0.15, 0.2) is 0 Å². The van der Waals surface area contributed by atoms with Gasteiger partial charge < -0.3 is 15.2 Å². The van der Waals surface area contributed by atoms with Crippen LogP contribution >= 0.6 is 0 Å². The summed E-state index contributed by atoms with van der Waals surface area (Å²) in [5, 5.41) is 0. The third-order valence-electron chi connectivity index (χ3n) is 3.24. The quantitative estimate of drug-likeness (QED) is 0.696. The SMILES string of the molecule is COCCN(CCC(=O)OC)Cc1cccc(CN)c1F. The number of ether oxygens (including phenoxy) is 2. The molecule has 0 heterocycles. The summed E-state index contributed by atoms with van der Waals surface area (Å²) in [7, 11) is 2.96. The fraction of sp³-hybridized carbons (Fsp3) is 0.533. The lowest BCUT2D eigenvalue weighted by molar-refractivity contribution is -0.141. The van der Waals surface area contributed by atoms with E-state index in [0.29, 0.717) is 37.4 Å². The zero-order chi connectivity index (χ0) is 15.7. The first-order valence-electron chi connectivity index (χ1n) is 6.86. The molecule has 0 aliphatic rings. The van der Waals surface area contributed by atoms with Gasteiger partial charge in [-0.25, -0.2) is 4.39 Å². The maximum atomic E-state index is 14.2. The highest BCUT2D eigenvalue weighted by Gasteiger charge is 2.13. The molecule has 1 rings (SSSR count). The molecule has 6 heteroatoms. The van der Waals surface area contributed by atoms with E-state index in [2.05, 4.69) is 4.74 Å². The van der Waals surface area contributed by atoms with Crippen LogP contribution in [0.2, 0.25) is 0 Å². The van der Waals surface area contributed by atoms with Crippen LogP contribution < -0.4 is 5.73 Å². The van der Waals surface area contributed by atoms with Gasteiger partial charge in [-0.2, -0.15) is 0 Å². The Labute approximate surface area is 124 Å². The zero-order valence-electron chi connectivity index (χ0n) is 12.6. The molecule has 0 radical (unpaired) electrons. The highest BCUT2D eigenvalue weighted by molar-refractivity contribution is 5.69. The number of hydrogen-bond acceptors (Lipinski definition) is 5. The van der Waals surface area contributed by atoms with Gasteiger partial charge in [-0.05, 0) is 0 Å². The van der Waals surface area contributed by atoms with E-state index in [1.54, 1.807) is 25.3 Å². The van der Waals surface area contributed by atoms with Crippen LogP contribution in [0.5, 0.6) is 0 Å². The monoisotopic (exact) mass is 298 g/mol. The summed E-state index contributed by atoms with van der Waals surface area (Å²) in [4.78, 5) is 13.2. The standard InChI is InChI=1S/C15H23FN2O3/c1-20-9-8-18(7-6-14(19)21-2)11-13-5-3-4-12(10-17)15(13)16/h3-5H,6-11,17H2,1-2H3. The molecule has 0 bridgehead atoms. The summed E-state index contributed by atoms with van der Waals surface area (Å²) in [6, 6.07) is 5.19. The summed E-state index contributed by atoms with van der Waals surface area (Å²) in [5.74, 6) is -0.561. The molecule has 21 heavy (non-hydrogen) atoms. The van der Waals surface area contributed by atoms with Gasteiger partial charge >= 0.3 is 5.97 Å². The summed E-state index contributed by atoms with van der Waals surface area (Å²) in [6.07, 6.45) is 0.262. The second-order valence-electron chi connectivity index (χ2n) is 4.69. The second kappa shape index (κ2) is 9.44. The Balaban J connectivity index is 2.73. The number of carbonyl (C=O) groups excluding carboxylic acids is 1. The highest BCUT2D eigenvalue weighted by atomic mass is 19.1. The van der Waals surface area contributed by atoms with Crippen molar-refractivity contribution in [2.24, 2.45) is 5.73 Å². The van der Waals surface area contributed by atoms with Crippen LogP contribution in [0.3, 0.4) is 0 Å². The van der Waals surface area contributed by atoms with Gasteiger partial charge in [0, 0.05) is 44.4 Å². The molecule has 0 atom stereocenters. The van der Waals surface area contributed by atoms with Gasteiger partial charge in [0.05, 0.1) is 20.1 Å². The number of nitrogens with zero attached hydrogens (tertiary/aromatic N) is 1. The molecular formula is C15H23FN2O3. The van der Waals surface area contributed by atoms with Crippen LogP contribution in [-0.2, 0) is 27.4 Å². The smallest absolute Gasteiger partial charge is 0.306 e. The Hall–Kier alpha value is -1.50. The van der Waals surface area contributed by atoms with Gasteiger partial charge in [-0.15, -0.1) is 0 Å². The number of methoxy groups -OCH3 is 2. The first kappa shape index (κ1) is 17.6. The first-order valence-corrected chi connectivity index (χ1v) is 6.86. The van der Waals surface area contributed by atoms with Gasteiger partial charge in [0.1, 0.15) is 5.82 Å². The predicted molar refractivity (Wildman–Crippen MR) is 78.1 cm³/mol. The van der Waals surface area contributed by atoms with Crippen LogP contribution in [-0.4, -0.2) is 44.8 Å². The summed E-state index contributed by atoms with van der Waals surface area (Å²) >= 11 is 0. The number of hydrogen-bond donors (Lipinski definition) is 1. The molecule has 118 valence electrons. The Kier molecular flexibility index (Phi) is 7.89. The van der Waals surface area contributed by atoms with E-state index in [1.807, 2.05) is 4.90 Å². The molecule has 0 unspecified atom stereocenters. The topological polar surface area (TPSA) is 64.8 Å². The van der Waals surface area contributed by atoms with Crippen molar-refractivity contribution in [3.8, 4) is 0 Å². The second-order valence-corrected chi connectivity index (χ2v) is 4.69. The highest BCUT2D eigenvalue weighted by Crippen LogP contribution is 2.15.